The fourth-order valence-electron chi connectivity index (χ4n) is 1.18. The fraction of sp³-hybridized carbons (Fsp3) is 0.583. The molecule has 0 aliphatic rings. The number of alkyl carbamates (subject to hydrolysis) is 1. The van der Waals surface area contributed by atoms with Crippen molar-refractivity contribution in [3.63, 3.8) is 0 Å². The zero-order valence-electron chi connectivity index (χ0n) is 11.5. The van der Waals surface area contributed by atoms with Crippen LogP contribution in [0.5, 0.6) is 0 Å². The van der Waals surface area contributed by atoms with Crippen LogP contribution in [0.1, 0.15) is 27.7 Å². The van der Waals surface area contributed by atoms with Gasteiger partial charge in [0.05, 0.1) is 6.54 Å². The smallest absolute Gasteiger partial charge is 0.419 e. The SMILES string of the molecule is CC(CNC(=O)OC(C)(C)C)OC(=O)n1ccnc1. The number of ether oxygens (including phenoxy) is 2. The highest BCUT2D eigenvalue weighted by molar-refractivity contribution is 5.70. The van der Waals surface area contributed by atoms with Gasteiger partial charge in [0.2, 0.25) is 0 Å². The van der Waals surface area contributed by atoms with Crippen molar-refractivity contribution in [3.05, 3.63) is 18.7 Å². The monoisotopic (exact) mass is 269 g/mol. The van der Waals surface area contributed by atoms with Gasteiger partial charge in [-0.15, -0.1) is 0 Å². The minimum absolute atomic E-state index is 0.176. The van der Waals surface area contributed by atoms with E-state index in [0.29, 0.717) is 0 Å². The van der Waals surface area contributed by atoms with Crippen LogP contribution in [0.15, 0.2) is 18.7 Å². The second-order valence-electron chi connectivity index (χ2n) is 5.05. The Bertz CT molecular complexity index is 423. The molecule has 0 radical (unpaired) electrons. The minimum atomic E-state index is -0.555. The molecule has 1 heterocycles. The molecule has 7 heteroatoms. The van der Waals surface area contributed by atoms with Gasteiger partial charge in [0.15, 0.2) is 0 Å². The molecule has 0 spiro atoms. The Morgan fingerprint density at radius 1 is 1.42 bits per heavy atom. The summed E-state index contributed by atoms with van der Waals surface area (Å²) < 4.78 is 11.4. The summed E-state index contributed by atoms with van der Waals surface area (Å²) >= 11 is 0. The molecule has 1 N–H and O–H groups in total. The standard InChI is InChI=1S/C12H19N3O4/c1-9(7-14-10(16)19-12(2,3)4)18-11(17)15-6-5-13-8-15/h5-6,8-9H,7H2,1-4H3,(H,14,16). The van der Waals surface area contributed by atoms with Gasteiger partial charge in [-0.1, -0.05) is 0 Å². The van der Waals surface area contributed by atoms with Crippen LogP contribution in [0.3, 0.4) is 0 Å². The van der Waals surface area contributed by atoms with E-state index < -0.39 is 23.9 Å². The molecule has 1 amide bonds. The van der Waals surface area contributed by atoms with Gasteiger partial charge < -0.3 is 14.8 Å². The first-order valence-electron chi connectivity index (χ1n) is 5.94. The molecule has 0 aromatic carbocycles. The van der Waals surface area contributed by atoms with Gasteiger partial charge in [-0.25, -0.2) is 19.1 Å². The molecule has 19 heavy (non-hydrogen) atoms. The maximum absolute atomic E-state index is 11.5. The Morgan fingerprint density at radius 3 is 2.63 bits per heavy atom. The molecule has 0 bridgehead atoms. The fourth-order valence-corrected chi connectivity index (χ4v) is 1.18. The van der Waals surface area contributed by atoms with Gasteiger partial charge in [-0.3, -0.25) is 0 Å². The molecule has 1 rings (SSSR count). The van der Waals surface area contributed by atoms with Crippen molar-refractivity contribution < 1.29 is 19.1 Å². The summed E-state index contributed by atoms with van der Waals surface area (Å²) in [5, 5.41) is 2.53. The lowest BCUT2D eigenvalue weighted by Crippen LogP contribution is -2.37. The number of nitrogens with zero attached hydrogens (tertiary/aromatic N) is 2. The molecule has 1 aromatic rings. The van der Waals surface area contributed by atoms with Crippen LogP contribution in [-0.4, -0.2) is 40.0 Å². The molecule has 0 aliphatic heterocycles. The van der Waals surface area contributed by atoms with E-state index in [9.17, 15) is 9.59 Å². The van der Waals surface area contributed by atoms with Crippen molar-refractivity contribution in [3.8, 4) is 0 Å². The Hall–Kier alpha value is -2.05. The number of rotatable bonds is 3. The maximum atomic E-state index is 11.5. The van der Waals surface area contributed by atoms with E-state index in [1.807, 2.05) is 0 Å². The van der Waals surface area contributed by atoms with Crippen LogP contribution in [-0.2, 0) is 9.47 Å². The van der Waals surface area contributed by atoms with Crippen LogP contribution in [0.2, 0.25) is 0 Å². The van der Waals surface area contributed by atoms with Gasteiger partial charge in [-0.2, -0.15) is 0 Å². The molecule has 1 atom stereocenters. The summed E-state index contributed by atoms with van der Waals surface area (Å²) in [6.45, 7) is 7.17. The topological polar surface area (TPSA) is 82.5 Å². The molecule has 1 unspecified atom stereocenters. The number of aromatic nitrogens is 2. The first-order chi connectivity index (χ1) is 8.78. The number of carbonyl (C=O) groups excluding carboxylic acids is 2. The Balaban J connectivity index is 2.30. The first kappa shape index (κ1) is 15.0. The number of amides is 1. The Labute approximate surface area is 111 Å². The van der Waals surface area contributed by atoms with Gasteiger partial charge >= 0.3 is 12.2 Å². The highest BCUT2D eigenvalue weighted by Crippen LogP contribution is 2.06. The van der Waals surface area contributed by atoms with Crippen LogP contribution >= 0.6 is 0 Å². The zero-order valence-corrected chi connectivity index (χ0v) is 11.5. The second kappa shape index (κ2) is 6.21. The summed E-state index contributed by atoms with van der Waals surface area (Å²) in [4.78, 5) is 26.7. The van der Waals surface area contributed by atoms with Crippen LogP contribution in [0, 0.1) is 0 Å². The average Bonchev–Trinajstić information content (AvgIpc) is 2.77. The minimum Gasteiger partial charge on any atom is -0.444 e. The number of hydrogen-bond acceptors (Lipinski definition) is 5. The molecular formula is C12H19N3O4. The average molecular weight is 269 g/mol. The van der Waals surface area contributed by atoms with E-state index in [4.69, 9.17) is 9.47 Å². The highest BCUT2D eigenvalue weighted by Gasteiger charge is 2.17. The van der Waals surface area contributed by atoms with Gasteiger partial charge in [0, 0.05) is 12.4 Å². The normalized spacial score (nSPS) is 12.6. The van der Waals surface area contributed by atoms with E-state index in [2.05, 4.69) is 10.3 Å². The van der Waals surface area contributed by atoms with Crippen molar-refractivity contribution in [2.24, 2.45) is 0 Å². The van der Waals surface area contributed by atoms with Crippen molar-refractivity contribution in [2.45, 2.75) is 39.4 Å². The van der Waals surface area contributed by atoms with E-state index in [1.54, 1.807) is 27.7 Å². The van der Waals surface area contributed by atoms with Crippen molar-refractivity contribution in [2.75, 3.05) is 6.54 Å². The molecule has 1 aromatic heterocycles. The molecule has 0 saturated heterocycles. The van der Waals surface area contributed by atoms with Crippen LogP contribution in [0.4, 0.5) is 9.59 Å². The van der Waals surface area contributed by atoms with Gasteiger partial charge in [-0.05, 0) is 27.7 Å². The van der Waals surface area contributed by atoms with Crippen molar-refractivity contribution in [1.82, 2.24) is 14.9 Å². The summed E-state index contributed by atoms with van der Waals surface area (Å²) in [6, 6.07) is 0. The summed E-state index contributed by atoms with van der Waals surface area (Å²) in [6.07, 6.45) is 2.74. The zero-order chi connectivity index (χ0) is 14.5. The summed E-state index contributed by atoms with van der Waals surface area (Å²) in [5.74, 6) is 0. The number of imidazole rings is 1. The van der Waals surface area contributed by atoms with Crippen LogP contribution < -0.4 is 5.32 Å². The molecular weight excluding hydrogens is 250 g/mol. The first-order valence-corrected chi connectivity index (χ1v) is 5.94. The van der Waals surface area contributed by atoms with Gasteiger partial charge in [0.25, 0.3) is 0 Å². The predicted molar refractivity (Wildman–Crippen MR) is 67.8 cm³/mol. The summed E-state index contributed by atoms with van der Waals surface area (Å²) in [7, 11) is 0. The number of hydrogen-bond donors (Lipinski definition) is 1. The lowest BCUT2D eigenvalue weighted by atomic mass is 10.2. The van der Waals surface area contributed by atoms with E-state index >= 15 is 0 Å². The highest BCUT2D eigenvalue weighted by atomic mass is 16.6. The molecule has 106 valence electrons. The third-order valence-corrected chi connectivity index (χ3v) is 1.95. The molecule has 0 fully saturated rings. The quantitative estimate of drug-likeness (QED) is 0.904. The van der Waals surface area contributed by atoms with Crippen molar-refractivity contribution in [1.29, 1.82) is 0 Å². The Morgan fingerprint density at radius 2 is 2.11 bits per heavy atom. The second-order valence-corrected chi connectivity index (χ2v) is 5.05. The number of carbonyl (C=O) groups is 2. The Kier molecular flexibility index (Phi) is 4.91. The van der Waals surface area contributed by atoms with Gasteiger partial charge in [0.1, 0.15) is 18.0 Å². The molecule has 7 nitrogen and oxygen atoms in total. The third kappa shape index (κ3) is 5.89. The summed E-state index contributed by atoms with van der Waals surface area (Å²) in [5.41, 5.74) is -0.555. The number of nitrogens with one attached hydrogen (secondary N) is 1. The van der Waals surface area contributed by atoms with E-state index in [0.717, 1.165) is 0 Å². The molecule has 0 saturated carbocycles. The lowest BCUT2D eigenvalue weighted by molar-refractivity contribution is 0.0479. The third-order valence-electron chi connectivity index (χ3n) is 1.95. The maximum Gasteiger partial charge on any atom is 0.419 e. The van der Waals surface area contributed by atoms with Crippen LogP contribution in [0.25, 0.3) is 0 Å². The largest absolute Gasteiger partial charge is 0.444 e. The predicted octanol–water partition coefficient (Wildman–Crippen LogP) is 1.78. The lowest BCUT2D eigenvalue weighted by Gasteiger charge is -2.20. The van der Waals surface area contributed by atoms with Crippen molar-refractivity contribution >= 4 is 12.2 Å². The van der Waals surface area contributed by atoms with E-state index in [-0.39, 0.29) is 6.54 Å². The molecule has 0 aliphatic carbocycles. The van der Waals surface area contributed by atoms with E-state index in [1.165, 1.54) is 23.3 Å².